The van der Waals surface area contributed by atoms with Crippen LogP contribution < -0.4 is 15.5 Å². The van der Waals surface area contributed by atoms with Gasteiger partial charge in [-0.2, -0.15) is 0 Å². The van der Waals surface area contributed by atoms with E-state index in [0.29, 0.717) is 88.2 Å². The van der Waals surface area contributed by atoms with Crippen LogP contribution in [0.15, 0.2) is 30.3 Å². The lowest BCUT2D eigenvalue weighted by Gasteiger charge is -2.38. The highest BCUT2D eigenvalue weighted by Gasteiger charge is 2.54. The van der Waals surface area contributed by atoms with Gasteiger partial charge in [0.2, 0.25) is 0 Å². The van der Waals surface area contributed by atoms with E-state index in [9.17, 15) is 13.2 Å². The molecular weight excluding hydrogens is 532 g/mol. The van der Waals surface area contributed by atoms with E-state index in [1.165, 1.54) is 0 Å². The molecule has 1 aliphatic carbocycles. The van der Waals surface area contributed by atoms with Crippen molar-refractivity contribution >= 4 is 27.4 Å². The Kier molecular flexibility index (Phi) is 8.60. The van der Waals surface area contributed by atoms with E-state index in [4.69, 9.17) is 19.4 Å². The van der Waals surface area contributed by atoms with E-state index in [1.54, 1.807) is 12.1 Å². The standard InChI is InChI=1S/C28H40N6O5S/c1-20-19-39-17-14-34(20)25-18-24(28(10-15-38-16-11-28)40(36,37)23-8-9-23)31-26(32-25)21-4-6-22(7-5-21)30-27(35)29-12-13-33(2)3/h4-7,18,20,23H,8-17,19H2,1-3H3,(H2,29,30,35)/t20-/m0/s1. The van der Waals surface area contributed by atoms with Gasteiger partial charge in [-0.1, -0.05) is 0 Å². The predicted molar refractivity (Wildman–Crippen MR) is 154 cm³/mol. The van der Waals surface area contributed by atoms with E-state index in [0.717, 1.165) is 12.1 Å². The van der Waals surface area contributed by atoms with Gasteiger partial charge in [0.05, 0.1) is 30.2 Å². The second-order valence-electron chi connectivity index (χ2n) is 11.2. The molecule has 0 spiro atoms. The van der Waals surface area contributed by atoms with Crippen molar-refractivity contribution < 1.29 is 22.7 Å². The van der Waals surface area contributed by atoms with Gasteiger partial charge in [-0.25, -0.2) is 23.2 Å². The van der Waals surface area contributed by atoms with Crippen molar-refractivity contribution in [3.05, 3.63) is 36.0 Å². The zero-order chi connectivity index (χ0) is 28.3. The van der Waals surface area contributed by atoms with Crippen molar-refractivity contribution in [2.24, 2.45) is 0 Å². The average Bonchev–Trinajstić information content (AvgIpc) is 3.80. The molecule has 1 saturated carbocycles. The van der Waals surface area contributed by atoms with Gasteiger partial charge < -0.3 is 29.9 Å². The minimum Gasteiger partial charge on any atom is -0.381 e. The fourth-order valence-electron chi connectivity index (χ4n) is 5.37. The summed E-state index contributed by atoms with van der Waals surface area (Å²) in [5.41, 5.74) is 1.93. The summed E-state index contributed by atoms with van der Waals surface area (Å²) in [5.74, 6) is 1.17. The van der Waals surface area contributed by atoms with Gasteiger partial charge in [0.25, 0.3) is 0 Å². The van der Waals surface area contributed by atoms with E-state index >= 15 is 0 Å². The SMILES string of the molecule is C[C@H]1COCCN1c1cc(C2(S(=O)(=O)C3CC3)CCOCC2)nc(-c2ccc(NC(=O)NCCN(C)C)cc2)n1. The molecule has 0 bridgehead atoms. The number of morpholine rings is 1. The Morgan fingerprint density at radius 2 is 1.82 bits per heavy atom. The zero-order valence-electron chi connectivity index (χ0n) is 23.6. The van der Waals surface area contributed by atoms with E-state index in [1.807, 2.05) is 37.2 Å². The third-order valence-electron chi connectivity index (χ3n) is 7.90. The lowest BCUT2D eigenvalue weighted by atomic mass is 9.94. The van der Waals surface area contributed by atoms with Crippen molar-refractivity contribution in [3.63, 3.8) is 0 Å². The molecule has 2 N–H and O–H groups in total. The molecule has 2 aromatic rings. The molecule has 3 fully saturated rings. The summed E-state index contributed by atoms with van der Waals surface area (Å²) < 4.78 is 38.0. The fourth-order valence-corrected chi connectivity index (χ4v) is 7.89. The number of anilines is 2. The molecular formula is C28H40N6O5S. The molecule has 3 aliphatic rings. The Morgan fingerprint density at radius 3 is 2.48 bits per heavy atom. The van der Waals surface area contributed by atoms with Crippen molar-refractivity contribution in [3.8, 4) is 11.4 Å². The van der Waals surface area contributed by atoms with Crippen molar-refractivity contribution in [2.75, 3.05) is 70.4 Å². The highest BCUT2D eigenvalue weighted by atomic mass is 32.2. The van der Waals surface area contributed by atoms with Crippen LogP contribution in [0.5, 0.6) is 0 Å². The number of aromatic nitrogens is 2. The number of sulfone groups is 1. The second kappa shape index (κ2) is 12.0. The summed E-state index contributed by atoms with van der Waals surface area (Å²) >= 11 is 0. The van der Waals surface area contributed by atoms with Crippen LogP contribution in [0.1, 0.15) is 38.3 Å². The molecule has 3 heterocycles. The van der Waals surface area contributed by atoms with Crippen LogP contribution in [-0.2, 0) is 24.1 Å². The number of rotatable bonds is 9. The Morgan fingerprint density at radius 1 is 1.10 bits per heavy atom. The molecule has 0 radical (unpaired) electrons. The van der Waals surface area contributed by atoms with Gasteiger partial charge >= 0.3 is 6.03 Å². The normalized spacial score (nSPS) is 21.3. The number of carbonyl (C=O) groups excluding carboxylic acids is 1. The molecule has 2 aliphatic heterocycles. The maximum absolute atomic E-state index is 13.9. The predicted octanol–water partition coefficient (Wildman–Crippen LogP) is 2.63. The zero-order valence-corrected chi connectivity index (χ0v) is 24.4. The molecule has 1 aromatic heterocycles. The van der Waals surface area contributed by atoms with Gasteiger partial charge in [0.15, 0.2) is 15.7 Å². The smallest absolute Gasteiger partial charge is 0.319 e. The van der Waals surface area contributed by atoms with Crippen LogP contribution >= 0.6 is 0 Å². The Labute approximate surface area is 236 Å². The highest BCUT2D eigenvalue weighted by molar-refractivity contribution is 7.93. The number of urea groups is 1. The summed E-state index contributed by atoms with van der Waals surface area (Å²) in [5, 5.41) is 5.36. The van der Waals surface area contributed by atoms with Crippen molar-refractivity contribution in [1.82, 2.24) is 20.2 Å². The first-order valence-corrected chi connectivity index (χ1v) is 15.6. The van der Waals surface area contributed by atoms with E-state index in [2.05, 4.69) is 22.5 Å². The van der Waals surface area contributed by atoms with Crippen LogP contribution in [0.3, 0.4) is 0 Å². The lowest BCUT2D eigenvalue weighted by molar-refractivity contribution is 0.0729. The first-order valence-electron chi connectivity index (χ1n) is 14.0. The first kappa shape index (κ1) is 28.7. The Balaban J connectivity index is 1.49. The Hall–Kier alpha value is -2.80. The van der Waals surface area contributed by atoms with E-state index < -0.39 is 14.6 Å². The molecule has 2 saturated heterocycles. The van der Waals surface area contributed by atoms with Gasteiger partial charge in [-0.15, -0.1) is 0 Å². The number of hydrogen-bond donors (Lipinski definition) is 2. The number of benzene rings is 1. The van der Waals surface area contributed by atoms with E-state index in [-0.39, 0.29) is 17.3 Å². The van der Waals surface area contributed by atoms with Crippen LogP contribution in [0, 0.1) is 0 Å². The summed E-state index contributed by atoms with van der Waals surface area (Å²) in [6, 6.07) is 9.01. The molecule has 0 unspecified atom stereocenters. The maximum atomic E-state index is 13.9. The third-order valence-corrected chi connectivity index (χ3v) is 11.0. The number of likely N-dealkylation sites (N-methyl/N-ethyl adjacent to an activating group) is 1. The number of ether oxygens (including phenoxy) is 2. The van der Waals surface area contributed by atoms with Crippen molar-refractivity contribution in [1.29, 1.82) is 0 Å². The minimum atomic E-state index is -3.47. The molecule has 5 rings (SSSR count). The number of nitrogens with zero attached hydrogens (tertiary/aromatic N) is 4. The molecule has 1 aromatic carbocycles. The van der Waals surface area contributed by atoms with Crippen LogP contribution in [-0.4, -0.2) is 101 Å². The number of hydrogen-bond acceptors (Lipinski definition) is 9. The largest absolute Gasteiger partial charge is 0.381 e. The summed E-state index contributed by atoms with van der Waals surface area (Å²) in [4.78, 5) is 26.3. The highest BCUT2D eigenvalue weighted by Crippen LogP contribution is 2.47. The summed E-state index contributed by atoms with van der Waals surface area (Å²) in [6.07, 6.45) is 2.17. The molecule has 12 heteroatoms. The molecule has 1 atom stereocenters. The van der Waals surface area contributed by atoms with Crippen molar-refractivity contribution in [2.45, 2.75) is 48.6 Å². The quantitative estimate of drug-likeness (QED) is 0.466. The maximum Gasteiger partial charge on any atom is 0.319 e. The number of carbonyl (C=O) groups is 1. The Bertz CT molecular complexity index is 1290. The number of nitrogens with one attached hydrogen (secondary N) is 2. The van der Waals surface area contributed by atoms with Gasteiger partial charge in [-0.3, -0.25) is 0 Å². The monoisotopic (exact) mass is 572 g/mol. The average molecular weight is 573 g/mol. The third kappa shape index (κ3) is 6.09. The van der Waals surface area contributed by atoms with Gasteiger partial charge in [0.1, 0.15) is 10.6 Å². The van der Waals surface area contributed by atoms with Crippen LogP contribution in [0.4, 0.5) is 16.3 Å². The summed E-state index contributed by atoms with van der Waals surface area (Å²) in [6.45, 7) is 5.94. The topological polar surface area (TPSA) is 126 Å². The lowest BCUT2D eigenvalue weighted by Crippen LogP contribution is -2.46. The summed E-state index contributed by atoms with van der Waals surface area (Å²) in [7, 11) is 0.432. The van der Waals surface area contributed by atoms with Crippen LogP contribution in [0.2, 0.25) is 0 Å². The number of amides is 2. The molecule has 40 heavy (non-hydrogen) atoms. The molecule has 2 amide bonds. The van der Waals surface area contributed by atoms with Gasteiger partial charge in [0, 0.05) is 50.2 Å². The molecule has 218 valence electrons. The van der Waals surface area contributed by atoms with Crippen LogP contribution in [0.25, 0.3) is 11.4 Å². The molecule has 11 nitrogen and oxygen atoms in total. The second-order valence-corrected chi connectivity index (χ2v) is 13.7. The first-order chi connectivity index (χ1) is 19.2. The minimum absolute atomic E-state index is 0.0904. The fraction of sp³-hybridized carbons (Fsp3) is 0.607. The van der Waals surface area contributed by atoms with Gasteiger partial charge in [-0.05, 0) is 71.0 Å².